The van der Waals surface area contributed by atoms with Gasteiger partial charge in [-0.2, -0.15) is 0 Å². The fraction of sp³-hybridized carbons (Fsp3) is 0.375. The molecule has 1 fully saturated rings. The zero-order valence-corrected chi connectivity index (χ0v) is 17.2. The van der Waals surface area contributed by atoms with Crippen LogP contribution in [0.25, 0.3) is 0 Å². The molecule has 2 heterocycles. The summed E-state index contributed by atoms with van der Waals surface area (Å²) in [5.74, 6) is 4.31. The third kappa shape index (κ3) is 4.73. The van der Waals surface area contributed by atoms with Gasteiger partial charge in [0.15, 0.2) is 6.61 Å². The van der Waals surface area contributed by atoms with E-state index in [4.69, 9.17) is 13.6 Å². The molecule has 0 N–H and O–H groups in total. The van der Waals surface area contributed by atoms with Crippen LogP contribution in [0.4, 0.5) is 0 Å². The summed E-state index contributed by atoms with van der Waals surface area (Å²) in [4.78, 5) is 14.6. The summed E-state index contributed by atoms with van der Waals surface area (Å²) in [5.41, 5.74) is 2.33. The van der Waals surface area contributed by atoms with Crippen LogP contribution in [0.15, 0.2) is 57.6 Å². The van der Waals surface area contributed by atoms with E-state index in [1.165, 1.54) is 12.0 Å². The lowest BCUT2D eigenvalue weighted by Crippen LogP contribution is -2.33. The first-order valence-corrected chi connectivity index (χ1v) is 10.1. The van der Waals surface area contributed by atoms with E-state index in [1.807, 2.05) is 49.4 Å². The summed E-state index contributed by atoms with van der Waals surface area (Å²) in [6, 6.07) is 13.5. The lowest BCUT2D eigenvalue weighted by Gasteiger charge is -2.21. The van der Waals surface area contributed by atoms with Crippen LogP contribution in [0.2, 0.25) is 0 Å². The number of benzene rings is 1. The predicted molar refractivity (Wildman–Crippen MR) is 110 cm³/mol. The first-order chi connectivity index (χ1) is 14.0. The molecule has 152 valence electrons. The fourth-order valence-electron chi connectivity index (χ4n) is 3.45. The monoisotopic (exact) mass is 393 g/mol. The smallest absolute Gasteiger partial charge is 0.261 e. The van der Waals surface area contributed by atoms with Gasteiger partial charge < -0.3 is 18.5 Å². The van der Waals surface area contributed by atoms with Gasteiger partial charge in [-0.25, -0.2) is 0 Å². The van der Waals surface area contributed by atoms with Gasteiger partial charge in [-0.3, -0.25) is 4.79 Å². The molecule has 0 spiro atoms. The number of rotatable bonds is 8. The molecule has 2 unspecified atom stereocenters. The third-order valence-corrected chi connectivity index (χ3v) is 5.62. The van der Waals surface area contributed by atoms with Crippen LogP contribution in [0.3, 0.4) is 0 Å². The van der Waals surface area contributed by atoms with Gasteiger partial charge in [0.05, 0.1) is 19.4 Å². The molecule has 1 aliphatic rings. The van der Waals surface area contributed by atoms with Crippen molar-refractivity contribution in [1.29, 1.82) is 0 Å². The number of carbonyl (C=O) groups is 1. The molecule has 5 nitrogen and oxygen atoms in total. The van der Waals surface area contributed by atoms with Crippen molar-refractivity contribution >= 4 is 5.91 Å². The Kier molecular flexibility index (Phi) is 5.47. The van der Waals surface area contributed by atoms with Crippen LogP contribution in [-0.4, -0.2) is 17.4 Å². The maximum Gasteiger partial charge on any atom is 0.261 e. The van der Waals surface area contributed by atoms with E-state index in [-0.39, 0.29) is 12.5 Å². The Morgan fingerprint density at radius 1 is 1.10 bits per heavy atom. The van der Waals surface area contributed by atoms with Crippen molar-refractivity contribution in [3.05, 3.63) is 77.1 Å². The standard InChI is InChI=1S/C24H27NO4/c1-16-6-7-19(11-17(16)2)28-15-24(26)25(13-20-5-4-10-27-20)14-21-8-9-23(29-21)22-12-18(22)3/h4-11,18,22H,12-15H2,1-3H3. The second-order valence-electron chi connectivity index (χ2n) is 7.99. The molecule has 2 atom stereocenters. The van der Waals surface area contributed by atoms with Gasteiger partial charge in [-0.05, 0) is 73.7 Å². The quantitative estimate of drug-likeness (QED) is 0.526. The maximum absolute atomic E-state index is 12.9. The van der Waals surface area contributed by atoms with Crippen molar-refractivity contribution in [1.82, 2.24) is 4.90 Å². The molecule has 3 aromatic rings. The second-order valence-corrected chi connectivity index (χ2v) is 7.99. The number of furan rings is 2. The molecular formula is C24H27NO4. The van der Waals surface area contributed by atoms with Crippen LogP contribution >= 0.6 is 0 Å². The lowest BCUT2D eigenvalue weighted by molar-refractivity contribution is -0.135. The van der Waals surface area contributed by atoms with Crippen LogP contribution in [0.1, 0.15) is 47.7 Å². The summed E-state index contributed by atoms with van der Waals surface area (Å²) in [5, 5.41) is 0. The molecule has 0 aliphatic heterocycles. The highest BCUT2D eigenvalue weighted by Crippen LogP contribution is 2.47. The van der Waals surface area contributed by atoms with Gasteiger partial charge in [0.1, 0.15) is 23.0 Å². The molecular weight excluding hydrogens is 366 g/mol. The molecule has 0 saturated heterocycles. The normalized spacial score (nSPS) is 17.9. The maximum atomic E-state index is 12.9. The molecule has 4 rings (SSSR count). The van der Waals surface area contributed by atoms with E-state index >= 15 is 0 Å². The van der Waals surface area contributed by atoms with E-state index in [0.29, 0.717) is 30.7 Å². The first-order valence-electron chi connectivity index (χ1n) is 10.1. The van der Waals surface area contributed by atoms with Crippen LogP contribution in [0, 0.1) is 19.8 Å². The number of nitrogens with zero attached hydrogens (tertiary/aromatic N) is 1. The minimum atomic E-state index is -0.114. The van der Waals surface area contributed by atoms with Crippen molar-refractivity contribution in [2.24, 2.45) is 5.92 Å². The van der Waals surface area contributed by atoms with Gasteiger partial charge in [-0.1, -0.05) is 13.0 Å². The Labute approximate surface area is 171 Å². The van der Waals surface area contributed by atoms with Gasteiger partial charge in [-0.15, -0.1) is 0 Å². The summed E-state index contributed by atoms with van der Waals surface area (Å²) in [6.07, 6.45) is 2.79. The van der Waals surface area contributed by atoms with Crippen LogP contribution < -0.4 is 4.74 Å². The van der Waals surface area contributed by atoms with Gasteiger partial charge in [0.2, 0.25) is 0 Å². The second kappa shape index (κ2) is 8.19. The summed E-state index contributed by atoms with van der Waals surface area (Å²) in [6.45, 7) is 7.03. The minimum absolute atomic E-state index is 0.0313. The summed E-state index contributed by atoms with van der Waals surface area (Å²) < 4.78 is 17.2. The highest BCUT2D eigenvalue weighted by molar-refractivity contribution is 5.77. The molecule has 0 bridgehead atoms. The molecule has 1 aliphatic carbocycles. The Balaban J connectivity index is 1.43. The molecule has 1 aromatic carbocycles. The average molecular weight is 393 g/mol. The van der Waals surface area contributed by atoms with Crippen molar-refractivity contribution in [3.63, 3.8) is 0 Å². The zero-order valence-electron chi connectivity index (χ0n) is 17.2. The Morgan fingerprint density at radius 3 is 2.59 bits per heavy atom. The molecule has 1 saturated carbocycles. The van der Waals surface area contributed by atoms with Gasteiger partial charge in [0, 0.05) is 5.92 Å². The molecule has 2 aromatic heterocycles. The average Bonchev–Trinajstić information content (AvgIpc) is 3.10. The van der Waals surface area contributed by atoms with Crippen molar-refractivity contribution in [2.45, 2.75) is 46.2 Å². The Bertz CT molecular complexity index is 973. The molecule has 1 amide bonds. The number of aryl methyl sites for hydroxylation is 2. The Hall–Kier alpha value is -2.95. The highest BCUT2D eigenvalue weighted by atomic mass is 16.5. The largest absolute Gasteiger partial charge is 0.484 e. The molecule has 29 heavy (non-hydrogen) atoms. The summed E-state index contributed by atoms with van der Waals surface area (Å²) in [7, 11) is 0. The fourth-order valence-corrected chi connectivity index (χ4v) is 3.45. The van der Waals surface area contributed by atoms with E-state index < -0.39 is 0 Å². The number of hydrogen-bond acceptors (Lipinski definition) is 4. The topological polar surface area (TPSA) is 55.8 Å². The van der Waals surface area contributed by atoms with Crippen molar-refractivity contribution < 1.29 is 18.4 Å². The van der Waals surface area contributed by atoms with Gasteiger partial charge >= 0.3 is 0 Å². The van der Waals surface area contributed by atoms with E-state index in [2.05, 4.69) is 13.8 Å². The molecule has 5 heteroatoms. The minimum Gasteiger partial charge on any atom is -0.484 e. The number of hydrogen-bond donors (Lipinski definition) is 0. The van der Waals surface area contributed by atoms with Gasteiger partial charge in [0.25, 0.3) is 5.91 Å². The SMILES string of the molecule is Cc1ccc(OCC(=O)N(Cc2ccco2)Cc2ccc(C3CC3C)o2)cc1C. The summed E-state index contributed by atoms with van der Waals surface area (Å²) >= 11 is 0. The van der Waals surface area contributed by atoms with E-state index in [9.17, 15) is 4.79 Å². The number of carbonyl (C=O) groups excluding carboxylic acids is 1. The number of ether oxygens (including phenoxy) is 1. The first kappa shape index (κ1) is 19.4. The predicted octanol–water partition coefficient (Wildman–Crippen LogP) is 5.22. The van der Waals surface area contributed by atoms with Crippen molar-refractivity contribution in [3.8, 4) is 5.75 Å². The lowest BCUT2D eigenvalue weighted by atomic mass is 10.1. The van der Waals surface area contributed by atoms with Crippen molar-refractivity contribution in [2.75, 3.05) is 6.61 Å². The van der Waals surface area contributed by atoms with E-state index in [1.54, 1.807) is 11.2 Å². The Morgan fingerprint density at radius 2 is 1.90 bits per heavy atom. The third-order valence-electron chi connectivity index (χ3n) is 5.62. The van der Waals surface area contributed by atoms with Crippen LogP contribution in [-0.2, 0) is 17.9 Å². The van der Waals surface area contributed by atoms with E-state index in [0.717, 1.165) is 22.8 Å². The zero-order chi connectivity index (χ0) is 20.4. The number of amides is 1. The highest BCUT2D eigenvalue weighted by Gasteiger charge is 2.36. The van der Waals surface area contributed by atoms with Crippen LogP contribution in [0.5, 0.6) is 5.75 Å². The molecule has 0 radical (unpaired) electrons.